The molecule has 0 aliphatic rings. The summed E-state index contributed by atoms with van der Waals surface area (Å²) in [7, 11) is 0. The zero-order valence-electron chi connectivity index (χ0n) is 18.2. The Morgan fingerprint density at radius 2 is 1.58 bits per heavy atom. The van der Waals surface area contributed by atoms with E-state index in [1.165, 1.54) is 18.2 Å². The second-order valence-corrected chi connectivity index (χ2v) is 7.48. The van der Waals surface area contributed by atoms with Gasteiger partial charge in [-0.3, -0.25) is 4.79 Å². The van der Waals surface area contributed by atoms with E-state index in [0.717, 1.165) is 11.6 Å². The van der Waals surface area contributed by atoms with Crippen LogP contribution in [0.3, 0.4) is 0 Å². The fraction of sp³-hybridized carbons (Fsp3) is 0.120. The summed E-state index contributed by atoms with van der Waals surface area (Å²) in [5.41, 5.74) is 3.23. The minimum Gasteiger partial charge on any atom is -0.478 e. The first-order valence-electron chi connectivity index (χ1n) is 9.92. The Bertz CT molecular complexity index is 1330. The van der Waals surface area contributed by atoms with Gasteiger partial charge in [-0.1, -0.05) is 18.2 Å². The molecule has 0 radical (unpaired) electrons. The smallest absolute Gasteiger partial charge is 0.335 e. The lowest BCUT2D eigenvalue weighted by molar-refractivity contribution is -0.112. The molecule has 1 aromatic heterocycles. The first-order chi connectivity index (χ1) is 15.6. The zero-order valence-corrected chi connectivity index (χ0v) is 18.2. The van der Waals surface area contributed by atoms with E-state index in [1.54, 1.807) is 36.6 Å². The lowest BCUT2D eigenvalue weighted by atomic mass is 10.1. The van der Waals surface area contributed by atoms with Crippen molar-refractivity contribution >= 4 is 29.6 Å². The molecule has 0 bridgehead atoms. The van der Waals surface area contributed by atoms with Crippen LogP contribution in [0.5, 0.6) is 0 Å². The van der Waals surface area contributed by atoms with Crippen molar-refractivity contribution in [3.05, 3.63) is 87.7 Å². The molecule has 33 heavy (non-hydrogen) atoms. The maximum Gasteiger partial charge on any atom is 0.335 e. The zero-order chi connectivity index (χ0) is 24.3. The summed E-state index contributed by atoms with van der Waals surface area (Å²) in [6, 6.07) is 14.7. The topological polar surface area (TPSA) is 132 Å². The van der Waals surface area contributed by atoms with Crippen LogP contribution in [0.15, 0.2) is 54.1 Å². The number of nitriles is 1. The van der Waals surface area contributed by atoms with E-state index in [4.69, 9.17) is 0 Å². The number of benzene rings is 2. The quantitative estimate of drug-likeness (QED) is 0.383. The molecule has 3 rings (SSSR count). The molecule has 0 fully saturated rings. The molecule has 1 heterocycles. The molecule has 1 amide bonds. The van der Waals surface area contributed by atoms with Gasteiger partial charge in [0.1, 0.15) is 11.6 Å². The molecule has 0 aliphatic carbocycles. The van der Waals surface area contributed by atoms with Crippen LogP contribution in [0.2, 0.25) is 0 Å². The number of carbonyl (C=O) groups excluding carboxylic acids is 1. The fourth-order valence-corrected chi connectivity index (χ4v) is 3.53. The Kier molecular flexibility index (Phi) is 6.45. The largest absolute Gasteiger partial charge is 0.478 e. The van der Waals surface area contributed by atoms with Crippen LogP contribution in [0.25, 0.3) is 11.8 Å². The fourth-order valence-electron chi connectivity index (χ4n) is 3.53. The summed E-state index contributed by atoms with van der Waals surface area (Å²) in [6.07, 6.45) is 1.45. The Balaban J connectivity index is 2.04. The third-order valence-electron chi connectivity index (χ3n) is 5.20. The van der Waals surface area contributed by atoms with E-state index in [9.17, 15) is 29.9 Å². The maximum atomic E-state index is 12.7. The second kappa shape index (κ2) is 9.24. The Morgan fingerprint density at radius 3 is 2.12 bits per heavy atom. The van der Waals surface area contributed by atoms with Crippen molar-refractivity contribution in [1.82, 2.24) is 4.57 Å². The highest BCUT2D eigenvalue weighted by Gasteiger charge is 2.17. The molecule has 166 valence electrons. The van der Waals surface area contributed by atoms with Gasteiger partial charge in [-0.15, -0.1) is 0 Å². The molecule has 0 saturated heterocycles. The van der Waals surface area contributed by atoms with Crippen LogP contribution in [-0.4, -0.2) is 32.6 Å². The molecule has 2 aromatic carbocycles. The molecule has 0 unspecified atom stereocenters. The van der Waals surface area contributed by atoms with E-state index in [2.05, 4.69) is 5.32 Å². The molecular weight excluding hydrogens is 422 g/mol. The molecule has 3 N–H and O–H groups in total. The molecule has 8 heteroatoms. The first-order valence-corrected chi connectivity index (χ1v) is 9.92. The third-order valence-corrected chi connectivity index (χ3v) is 5.20. The molecule has 8 nitrogen and oxygen atoms in total. The number of carboxylic acids is 2. The highest BCUT2D eigenvalue weighted by molar-refractivity contribution is 6.10. The number of para-hydroxylation sites is 1. The van der Waals surface area contributed by atoms with Gasteiger partial charge in [0.2, 0.25) is 0 Å². The number of hydrogen-bond acceptors (Lipinski definition) is 4. The standard InChI is InChI=1S/C25H21N3O5/c1-14-6-4-5-7-22(14)27-23(29)20(13-26)9-17-8-15(2)28(16(17)3)21-11-18(24(30)31)10-19(12-21)25(32)33/h4-12H,1-3H3,(H,27,29)(H,30,31)(H,32,33)/b20-9-. The van der Waals surface area contributed by atoms with E-state index >= 15 is 0 Å². The minimum absolute atomic E-state index is 0.107. The van der Waals surface area contributed by atoms with Crippen LogP contribution in [-0.2, 0) is 4.79 Å². The van der Waals surface area contributed by atoms with Gasteiger partial charge in [-0.25, -0.2) is 9.59 Å². The SMILES string of the molecule is Cc1ccccc1NC(=O)/C(C#N)=C\c1cc(C)n(-c2cc(C(=O)O)cc(C(=O)O)c2)c1C. The van der Waals surface area contributed by atoms with Crippen LogP contribution in [0.4, 0.5) is 5.69 Å². The highest BCUT2D eigenvalue weighted by atomic mass is 16.4. The van der Waals surface area contributed by atoms with E-state index in [0.29, 0.717) is 28.3 Å². The second-order valence-electron chi connectivity index (χ2n) is 7.48. The number of anilines is 1. The number of carbonyl (C=O) groups is 3. The molecular formula is C25H21N3O5. The highest BCUT2D eigenvalue weighted by Crippen LogP contribution is 2.25. The van der Waals surface area contributed by atoms with Crippen molar-refractivity contribution in [2.24, 2.45) is 0 Å². The van der Waals surface area contributed by atoms with Crippen LogP contribution < -0.4 is 5.32 Å². The van der Waals surface area contributed by atoms with Crippen molar-refractivity contribution in [1.29, 1.82) is 5.26 Å². The average Bonchev–Trinajstić information content (AvgIpc) is 3.05. The number of nitrogens with one attached hydrogen (secondary N) is 1. The van der Waals surface area contributed by atoms with Gasteiger partial charge in [-0.05, 0) is 68.3 Å². The van der Waals surface area contributed by atoms with Crippen LogP contribution >= 0.6 is 0 Å². The van der Waals surface area contributed by atoms with Gasteiger partial charge in [0, 0.05) is 22.8 Å². The lowest BCUT2D eigenvalue weighted by Gasteiger charge is -2.12. The Morgan fingerprint density at radius 1 is 0.970 bits per heavy atom. The van der Waals surface area contributed by atoms with Gasteiger partial charge in [0.25, 0.3) is 5.91 Å². The summed E-state index contributed by atoms with van der Waals surface area (Å²) >= 11 is 0. The van der Waals surface area contributed by atoms with Crippen LogP contribution in [0, 0.1) is 32.1 Å². The van der Waals surface area contributed by atoms with Gasteiger partial charge in [-0.2, -0.15) is 5.26 Å². The number of amides is 1. The lowest BCUT2D eigenvalue weighted by Crippen LogP contribution is -2.14. The maximum absolute atomic E-state index is 12.7. The number of nitrogens with zero attached hydrogens (tertiary/aromatic N) is 2. The number of carboxylic acid groups (broad SMARTS) is 2. The van der Waals surface area contributed by atoms with Gasteiger partial charge in [0.15, 0.2) is 0 Å². The van der Waals surface area contributed by atoms with Crippen LogP contribution in [0.1, 0.15) is 43.2 Å². The summed E-state index contributed by atoms with van der Waals surface area (Å²) in [5.74, 6) is -3.05. The molecule has 0 saturated carbocycles. The van der Waals surface area contributed by atoms with E-state index in [1.807, 2.05) is 25.1 Å². The van der Waals surface area contributed by atoms with Crippen molar-refractivity contribution < 1.29 is 24.6 Å². The summed E-state index contributed by atoms with van der Waals surface area (Å²) in [4.78, 5) is 35.6. The van der Waals surface area contributed by atoms with Gasteiger partial charge in [0.05, 0.1) is 11.1 Å². The number of hydrogen-bond donors (Lipinski definition) is 3. The molecule has 3 aromatic rings. The van der Waals surface area contributed by atoms with E-state index < -0.39 is 17.8 Å². The van der Waals surface area contributed by atoms with Crippen molar-refractivity contribution in [3.63, 3.8) is 0 Å². The van der Waals surface area contributed by atoms with Gasteiger partial charge < -0.3 is 20.1 Å². The average molecular weight is 443 g/mol. The molecule has 0 aliphatic heterocycles. The van der Waals surface area contributed by atoms with Crippen molar-refractivity contribution in [2.45, 2.75) is 20.8 Å². The summed E-state index contributed by atoms with van der Waals surface area (Å²) in [5, 5.41) is 31.0. The first kappa shape index (κ1) is 23.0. The predicted molar refractivity (Wildman–Crippen MR) is 123 cm³/mol. The Labute approximate surface area is 190 Å². The minimum atomic E-state index is -1.25. The molecule has 0 atom stereocenters. The van der Waals surface area contributed by atoms with Crippen molar-refractivity contribution in [3.8, 4) is 11.8 Å². The van der Waals surface area contributed by atoms with E-state index in [-0.39, 0.29) is 16.7 Å². The number of aromatic carboxylic acids is 2. The summed E-state index contributed by atoms with van der Waals surface area (Å²) < 4.78 is 1.68. The summed E-state index contributed by atoms with van der Waals surface area (Å²) in [6.45, 7) is 5.34. The van der Waals surface area contributed by atoms with Crippen molar-refractivity contribution in [2.75, 3.05) is 5.32 Å². The normalized spacial score (nSPS) is 11.0. The number of aryl methyl sites for hydroxylation is 2. The number of aromatic nitrogens is 1. The predicted octanol–water partition coefficient (Wildman–Crippen LogP) is 4.34. The molecule has 0 spiro atoms. The number of rotatable bonds is 6. The third kappa shape index (κ3) is 4.83. The Hall–Kier alpha value is -4.64. The van der Waals surface area contributed by atoms with Gasteiger partial charge >= 0.3 is 11.9 Å². The monoisotopic (exact) mass is 443 g/mol.